The number of carbonyl (C=O) groups excluding carboxylic acids is 1. The third-order valence-corrected chi connectivity index (χ3v) is 4.81. The van der Waals surface area contributed by atoms with Crippen LogP contribution in [0.3, 0.4) is 0 Å². The number of hydrogen-bond donors (Lipinski definition) is 0. The second-order valence-electron chi connectivity index (χ2n) is 6.81. The van der Waals surface area contributed by atoms with Gasteiger partial charge in [0.25, 0.3) is 5.91 Å². The molecule has 1 heterocycles. The lowest BCUT2D eigenvalue weighted by Crippen LogP contribution is -2.32. The van der Waals surface area contributed by atoms with Crippen LogP contribution in [0.1, 0.15) is 28.9 Å². The van der Waals surface area contributed by atoms with E-state index < -0.39 is 0 Å². The van der Waals surface area contributed by atoms with Crippen LogP contribution in [-0.4, -0.2) is 36.2 Å². The third-order valence-electron chi connectivity index (χ3n) is 4.81. The van der Waals surface area contributed by atoms with Crippen molar-refractivity contribution < 1.29 is 18.8 Å². The van der Waals surface area contributed by atoms with Crippen LogP contribution in [0.4, 0.5) is 0 Å². The minimum atomic E-state index is -0.0210. The van der Waals surface area contributed by atoms with Gasteiger partial charge < -0.3 is 18.9 Å². The summed E-state index contributed by atoms with van der Waals surface area (Å²) in [6.45, 7) is 0.411. The van der Waals surface area contributed by atoms with Gasteiger partial charge in [-0.1, -0.05) is 23.4 Å². The van der Waals surface area contributed by atoms with Crippen LogP contribution in [0.2, 0.25) is 0 Å². The molecule has 2 aromatic carbocycles. The molecule has 6 heteroatoms. The molecule has 0 saturated heterocycles. The van der Waals surface area contributed by atoms with Crippen molar-refractivity contribution in [3.63, 3.8) is 0 Å². The summed E-state index contributed by atoms with van der Waals surface area (Å²) in [6, 6.07) is 17.0. The first kappa shape index (κ1) is 18.1. The lowest BCUT2D eigenvalue weighted by molar-refractivity contribution is 0.0726. The summed E-state index contributed by atoms with van der Waals surface area (Å²) in [5, 5.41) is 4.17. The van der Waals surface area contributed by atoms with Gasteiger partial charge in [0.2, 0.25) is 0 Å². The Kier molecular flexibility index (Phi) is 5.02. The molecular formula is C22H22N2O4. The average molecular weight is 378 g/mol. The topological polar surface area (TPSA) is 64.8 Å². The normalized spacial score (nSPS) is 13.2. The Morgan fingerprint density at radius 1 is 1.07 bits per heavy atom. The fraction of sp³-hybridized carbons (Fsp3) is 0.273. The van der Waals surface area contributed by atoms with Crippen LogP contribution in [0.5, 0.6) is 11.5 Å². The summed E-state index contributed by atoms with van der Waals surface area (Å²) >= 11 is 0. The standard InChI is InChI=1S/C22H22N2O4/c1-26-19-7-3-5-15(11-19)21-13-17(23-28-21)14-24(18-9-10-18)22(25)16-6-4-8-20(12-16)27-2/h3-8,11-13,18H,9-10,14H2,1-2H3. The molecule has 0 N–H and O–H groups in total. The molecule has 1 amide bonds. The van der Waals surface area contributed by atoms with E-state index in [0.29, 0.717) is 23.6 Å². The van der Waals surface area contributed by atoms with Crippen LogP contribution >= 0.6 is 0 Å². The van der Waals surface area contributed by atoms with Crippen molar-refractivity contribution >= 4 is 5.91 Å². The lowest BCUT2D eigenvalue weighted by Gasteiger charge is -2.21. The molecule has 1 fully saturated rings. The van der Waals surface area contributed by atoms with Crippen LogP contribution in [0.15, 0.2) is 59.1 Å². The van der Waals surface area contributed by atoms with E-state index in [-0.39, 0.29) is 11.9 Å². The molecule has 0 aliphatic heterocycles. The predicted octanol–water partition coefficient (Wildman–Crippen LogP) is 4.16. The number of rotatable bonds is 7. The lowest BCUT2D eigenvalue weighted by atomic mass is 10.1. The number of carbonyl (C=O) groups is 1. The van der Waals surface area contributed by atoms with Crippen molar-refractivity contribution in [3.05, 3.63) is 65.9 Å². The first-order valence-electron chi connectivity index (χ1n) is 9.23. The number of aromatic nitrogens is 1. The van der Waals surface area contributed by atoms with E-state index in [9.17, 15) is 4.79 Å². The SMILES string of the molecule is COc1cccc(C(=O)N(Cc2cc(-c3cccc(OC)c3)on2)C2CC2)c1. The van der Waals surface area contributed by atoms with E-state index >= 15 is 0 Å². The number of methoxy groups -OCH3 is 2. The average Bonchev–Trinajstić information content (AvgIpc) is 3.49. The van der Waals surface area contributed by atoms with E-state index in [1.54, 1.807) is 20.3 Å². The van der Waals surface area contributed by atoms with E-state index in [1.165, 1.54) is 0 Å². The molecule has 6 nitrogen and oxygen atoms in total. The first-order valence-corrected chi connectivity index (χ1v) is 9.23. The maximum absolute atomic E-state index is 13.1. The summed E-state index contributed by atoms with van der Waals surface area (Å²) in [4.78, 5) is 14.9. The molecule has 0 radical (unpaired) electrons. The summed E-state index contributed by atoms with van der Waals surface area (Å²) in [7, 11) is 3.22. The summed E-state index contributed by atoms with van der Waals surface area (Å²) in [5.74, 6) is 2.05. The molecule has 1 aliphatic carbocycles. The van der Waals surface area contributed by atoms with Gasteiger partial charge in [0.1, 0.15) is 17.2 Å². The number of amides is 1. The molecule has 144 valence electrons. The number of hydrogen-bond acceptors (Lipinski definition) is 5. The zero-order valence-corrected chi connectivity index (χ0v) is 15.9. The molecule has 28 heavy (non-hydrogen) atoms. The predicted molar refractivity (Wildman–Crippen MR) is 104 cm³/mol. The maximum Gasteiger partial charge on any atom is 0.254 e. The monoisotopic (exact) mass is 378 g/mol. The zero-order valence-electron chi connectivity index (χ0n) is 15.9. The highest BCUT2D eigenvalue weighted by Gasteiger charge is 2.34. The number of ether oxygens (including phenoxy) is 2. The van der Waals surface area contributed by atoms with Gasteiger partial charge in [-0.3, -0.25) is 4.79 Å². The van der Waals surface area contributed by atoms with E-state index in [2.05, 4.69) is 5.16 Å². The minimum Gasteiger partial charge on any atom is -0.497 e. The molecule has 1 aliphatic rings. The molecule has 3 aromatic rings. The molecule has 0 spiro atoms. The van der Waals surface area contributed by atoms with Crippen molar-refractivity contribution in [2.24, 2.45) is 0 Å². The smallest absolute Gasteiger partial charge is 0.254 e. The Balaban J connectivity index is 1.54. The van der Waals surface area contributed by atoms with Crippen LogP contribution < -0.4 is 9.47 Å². The molecule has 0 bridgehead atoms. The van der Waals surface area contributed by atoms with Gasteiger partial charge in [0.15, 0.2) is 5.76 Å². The minimum absolute atomic E-state index is 0.0210. The van der Waals surface area contributed by atoms with Crippen molar-refractivity contribution in [3.8, 4) is 22.8 Å². The van der Waals surface area contributed by atoms with E-state index in [4.69, 9.17) is 14.0 Å². The fourth-order valence-corrected chi connectivity index (χ4v) is 3.15. The summed E-state index contributed by atoms with van der Waals surface area (Å²) < 4.78 is 16.0. The van der Waals surface area contributed by atoms with Crippen LogP contribution in [0, 0.1) is 0 Å². The van der Waals surface area contributed by atoms with Gasteiger partial charge >= 0.3 is 0 Å². The van der Waals surface area contributed by atoms with Crippen molar-refractivity contribution in [1.29, 1.82) is 0 Å². The van der Waals surface area contributed by atoms with Crippen molar-refractivity contribution in [1.82, 2.24) is 10.1 Å². The van der Waals surface area contributed by atoms with Crippen LogP contribution in [-0.2, 0) is 6.54 Å². The number of nitrogens with zero attached hydrogens (tertiary/aromatic N) is 2. The number of benzene rings is 2. The molecule has 4 rings (SSSR count). The zero-order chi connectivity index (χ0) is 19.5. The Morgan fingerprint density at radius 2 is 1.79 bits per heavy atom. The second kappa shape index (κ2) is 7.76. The fourth-order valence-electron chi connectivity index (χ4n) is 3.15. The van der Waals surface area contributed by atoms with Gasteiger partial charge in [0, 0.05) is 23.2 Å². The highest BCUT2D eigenvalue weighted by atomic mass is 16.5. The quantitative estimate of drug-likeness (QED) is 0.618. The molecular weight excluding hydrogens is 356 g/mol. The molecule has 1 aromatic heterocycles. The summed E-state index contributed by atoms with van der Waals surface area (Å²) in [5.41, 5.74) is 2.22. The van der Waals surface area contributed by atoms with Crippen LogP contribution in [0.25, 0.3) is 11.3 Å². The van der Waals surface area contributed by atoms with E-state index in [1.807, 2.05) is 53.4 Å². The molecule has 1 saturated carbocycles. The van der Waals surface area contributed by atoms with Gasteiger partial charge in [-0.25, -0.2) is 0 Å². The molecule has 0 atom stereocenters. The Morgan fingerprint density at radius 3 is 2.50 bits per heavy atom. The first-order chi connectivity index (χ1) is 13.7. The highest BCUT2D eigenvalue weighted by Crippen LogP contribution is 2.31. The maximum atomic E-state index is 13.1. The van der Waals surface area contributed by atoms with Crippen molar-refractivity contribution in [2.75, 3.05) is 14.2 Å². The molecule has 0 unspecified atom stereocenters. The van der Waals surface area contributed by atoms with Gasteiger partial charge in [-0.05, 0) is 43.2 Å². The van der Waals surface area contributed by atoms with Gasteiger partial charge in [-0.2, -0.15) is 0 Å². The largest absolute Gasteiger partial charge is 0.497 e. The second-order valence-corrected chi connectivity index (χ2v) is 6.81. The van der Waals surface area contributed by atoms with Gasteiger partial charge in [-0.15, -0.1) is 0 Å². The van der Waals surface area contributed by atoms with Crippen molar-refractivity contribution in [2.45, 2.75) is 25.4 Å². The summed E-state index contributed by atoms with van der Waals surface area (Å²) in [6.07, 6.45) is 2.02. The third kappa shape index (κ3) is 3.86. The van der Waals surface area contributed by atoms with Gasteiger partial charge in [0.05, 0.1) is 20.8 Å². The Hall–Kier alpha value is -3.28. The van der Waals surface area contributed by atoms with E-state index in [0.717, 1.165) is 29.8 Å². The highest BCUT2D eigenvalue weighted by molar-refractivity contribution is 5.95. The Labute approximate surface area is 163 Å². The Bertz CT molecular complexity index is 978.